The average molecular weight is 269 g/mol. The van der Waals surface area contributed by atoms with Gasteiger partial charge in [0, 0.05) is 13.7 Å². The molecule has 110 valence electrons. The Hall–Kier alpha value is -1.12. The van der Waals surface area contributed by atoms with Gasteiger partial charge in [0.15, 0.2) is 0 Å². The molecule has 0 aromatic carbocycles. The number of hydrogen-bond donors (Lipinski definition) is 2. The van der Waals surface area contributed by atoms with Crippen molar-refractivity contribution in [2.45, 2.75) is 46.1 Å². The highest BCUT2D eigenvalue weighted by Gasteiger charge is 2.16. The molecule has 5 heteroatoms. The first-order chi connectivity index (χ1) is 8.93. The number of ether oxygens (including phenoxy) is 1. The van der Waals surface area contributed by atoms with Crippen LogP contribution in [0.4, 0.5) is 0 Å². The summed E-state index contributed by atoms with van der Waals surface area (Å²) in [7, 11) is 1.61. The number of amides is 1. The molecule has 0 heterocycles. The SMILES string of the molecule is COCCNC(=O)C(C)NCCCCC(C)(C)C#N. The maximum Gasteiger partial charge on any atom is 0.236 e. The monoisotopic (exact) mass is 269 g/mol. The number of nitriles is 1. The molecule has 0 saturated carbocycles. The maximum atomic E-state index is 11.6. The van der Waals surface area contributed by atoms with Crippen molar-refractivity contribution in [1.29, 1.82) is 5.26 Å². The van der Waals surface area contributed by atoms with E-state index in [0.717, 1.165) is 25.8 Å². The van der Waals surface area contributed by atoms with Crippen LogP contribution in [0.3, 0.4) is 0 Å². The molecule has 0 bridgehead atoms. The number of rotatable bonds is 10. The van der Waals surface area contributed by atoms with E-state index in [-0.39, 0.29) is 17.4 Å². The second-order valence-electron chi connectivity index (χ2n) is 5.41. The van der Waals surface area contributed by atoms with Gasteiger partial charge < -0.3 is 15.4 Å². The molecular formula is C14H27N3O2. The van der Waals surface area contributed by atoms with Gasteiger partial charge in [-0.25, -0.2) is 0 Å². The Balaban J connectivity index is 3.61. The third-order valence-corrected chi connectivity index (χ3v) is 2.98. The molecule has 2 N–H and O–H groups in total. The molecule has 19 heavy (non-hydrogen) atoms. The second kappa shape index (κ2) is 9.76. The van der Waals surface area contributed by atoms with Crippen molar-refractivity contribution in [3.05, 3.63) is 0 Å². The van der Waals surface area contributed by atoms with E-state index in [1.165, 1.54) is 0 Å². The highest BCUT2D eigenvalue weighted by atomic mass is 16.5. The van der Waals surface area contributed by atoms with E-state index in [2.05, 4.69) is 16.7 Å². The van der Waals surface area contributed by atoms with Crippen LogP contribution in [0.15, 0.2) is 0 Å². The Morgan fingerprint density at radius 2 is 2.05 bits per heavy atom. The lowest BCUT2D eigenvalue weighted by atomic mass is 9.89. The Morgan fingerprint density at radius 1 is 1.37 bits per heavy atom. The van der Waals surface area contributed by atoms with Crippen LogP contribution < -0.4 is 10.6 Å². The minimum absolute atomic E-state index is 0.00518. The van der Waals surface area contributed by atoms with E-state index in [1.807, 2.05) is 20.8 Å². The fourth-order valence-corrected chi connectivity index (χ4v) is 1.59. The van der Waals surface area contributed by atoms with Gasteiger partial charge in [-0.05, 0) is 40.2 Å². The van der Waals surface area contributed by atoms with E-state index in [9.17, 15) is 4.79 Å². The predicted molar refractivity (Wildman–Crippen MR) is 75.6 cm³/mol. The van der Waals surface area contributed by atoms with Crippen molar-refractivity contribution >= 4 is 5.91 Å². The number of methoxy groups -OCH3 is 1. The van der Waals surface area contributed by atoms with Gasteiger partial charge in [-0.2, -0.15) is 5.26 Å². The molecule has 5 nitrogen and oxygen atoms in total. The summed E-state index contributed by atoms with van der Waals surface area (Å²) in [6.07, 6.45) is 2.85. The Labute approximate surface area is 116 Å². The number of carbonyl (C=O) groups is 1. The molecule has 0 aromatic heterocycles. The minimum Gasteiger partial charge on any atom is -0.383 e. The number of unbranched alkanes of at least 4 members (excludes halogenated alkanes) is 1. The molecular weight excluding hydrogens is 242 g/mol. The van der Waals surface area contributed by atoms with Crippen molar-refractivity contribution < 1.29 is 9.53 Å². The Bertz CT molecular complexity index is 298. The first kappa shape index (κ1) is 17.9. The van der Waals surface area contributed by atoms with Crippen molar-refractivity contribution in [3.8, 4) is 6.07 Å². The first-order valence-corrected chi connectivity index (χ1v) is 6.84. The molecule has 1 atom stereocenters. The summed E-state index contributed by atoms with van der Waals surface area (Å²) in [6, 6.07) is 2.10. The molecule has 0 spiro atoms. The number of hydrogen-bond acceptors (Lipinski definition) is 4. The lowest BCUT2D eigenvalue weighted by molar-refractivity contribution is -0.122. The zero-order valence-electron chi connectivity index (χ0n) is 12.6. The molecule has 0 radical (unpaired) electrons. The van der Waals surface area contributed by atoms with Crippen LogP contribution in [-0.2, 0) is 9.53 Å². The quantitative estimate of drug-likeness (QED) is 0.589. The molecule has 0 rings (SSSR count). The van der Waals surface area contributed by atoms with Crippen LogP contribution in [-0.4, -0.2) is 38.8 Å². The van der Waals surface area contributed by atoms with Gasteiger partial charge in [-0.3, -0.25) is 4.79 Å². The second-order valence-corrected chi connectivity index (χ2v) is 5.41. The maximum absolute atomic E-state index is 11.6. The van der Waals surface area contributed by atoms with E-state index in [4.69, 9.17) is 10.00 Å². The topological polar surface area (TPSA) is 74.2 Å². The number of nitrogens with one attached hydrogen (secondary N) is 2. The van der Waals surface area contributed by atoms with Crippen LogP contribution in [0.2, 0.25) is 0 Å². The lowest BCUT2D eigenvalue weighted by Crippen LogP contribution is -2.43. The van der Waals surface area contributed by atoms with Crippen molar-refractivity contribution in [3.63, 3.8) is 0 Å². The van der Waals surface area contributed by atoms with Crippen molar-refractivity contribution in [2.24, 2.45) is 5.41 Å². The van der Waals surface area contributed by atoms with Crippen LogP contribution in [0.25, 0.3) is 0 Å². The Kier molecular flexibility index (Phi) is 9.19. The normalized spacial score (nSPS) is 12.8. The van der Waals surface area contributed by atoms with Gasteiger partial charge in [0.1, 0.15) is 0 Å². The molecule has 1 amide bonds. The summed E-state index contributed by atoms with van der Waals surface area (Å²) in [5.41, 5.74) is -0.247. The van der Waals surface area contributed by atoms with E-state index < -0.39 is 0 Å². The number of carbonyl (C=O) groups excluding carboxylic acids is 1. The molecule has 0 fully saturated rings. The smallest absolute Gasteiger partial charge is 0.236 e. The van der Waals surface area contributed by atoms with Gasteiger partial charge in [0.25, 0.3) is 0 Å². The molecule has 1 unspecified atom stereocenters. The zero-order chi connectivity index (χ0) is 14.7. The molecule has 0 aliphatic carbocycles. The summed E-state index contributed by atoms with van der Waals surface area (Å²) in [5, 5.41) is 14.9. The van der Waals surface area contributed by atoms with Crippen LogP contribution in [0.5, 0.6) is 0 Å². The highest BCUT2D eigenvalue weighted by Crippen LogP contribution is 2.21. The number of nitrogens with zero attached hydrogens (tertiary/aromatic N) is 1. The van der Waals surface area contributed by atoms with Gasteiger partial charge in [-0.1, -0.05) is 6.42 Å². The van der Waals surface area contributed by atoms with Crippen LogP contribution in [0, 0.1) is 16.7 Å². The summed E-state index contributed by atoms with van der Waals surface area (Å²) in [6.45, 7) is 7.61. The van der Waals surface area contributed by atoms with E-state index >= 15 is 0 Å². The fourth-order valence-electron chi connectivity index (χ4n) is 1.59. The summed E-state index contributed by atoms with van der Waals surface area (Å²) in [5.74, 6) is -0.00518. The Morgan fingerprint density at radius 3 is 2.63 bits per heavy atom. The third-order valence-electron chi connectivity index (χ3n) is 2.98. The molecule has 0 saturated heterocycles. The van der Waals surface area contributed by atoms with Crippen LogP contribution >= 0.6 is 0 Å². The van der Waals surface area contributed by atoms with Gasteiger partial charge in [0.05, 0.1) is 24.1 Å². The highest BCUT2D eigenvalue weighted by molar-refractivity contribution is 5.81. The molecule has 0 aliphatic rings. The van der Waals surface area contributed by atoms with Gasteiger partial charge >= 0.3 is 0 Å². The largest absolute Gasteiger partial charge is 0.383 e. The van der Waals surface area contributed by atoms with Gasteiger partial charge in [0.2, 0.25) is 5.91 Å². The fraction of sp³-hybridized carbons (Fsp3) is 0.857. The molecule has 0 aromatic rings. The third kappa shape index (κ3) is 9.46. The average Bonchev–Trinajstić information content (AvgIpc) is 2.38. The van der Waals surface area contributed by atoms with Crippen molar-refractivity contribution in [2.75, 3.05) is 26.8 Å². The predicted octanol–water partition coefficient (Wildman–Crippen LogP) is 1.45. The summed E-state index contributed by atoms with van der Waals surface area (Å²) >= 11 is 0. The first-order valence-electron chi connectivity index (χ1n) is 6.84. The standard InChI is InChI=1S/C14H27N3O2/c1-12(13(18)17-9-10-19-4)16-8-6-5-7-14(2,3)11-15/h12,16H,5-10H2,1-4H3,(H,17,18). The van der Waals surface area contributed by atoms with Gasteiger partial charge in [-0.15, -0.1) is 0 Å². The van der Waals surface area contributed by atoms with Crippen LogP contribution in [0.1, 0.15) is 40.0 Å². The molecule has 0 aliphatic heterocycles. The van der Waals surface area contributed by atoms with E-state index in [1.54, 1.807) is 7.11 Å². The summed E-state index contributed by atoms with van der Waals surface area (Å²) in [4.78, 5) is 11.6. The minimum atomic E-state index is -0.247. The van der Waals surface area contributed by atoms with E-state index in [0.29, 0.717) is 13.2 Å². The lowest BCUT2D eigenvalue weighted by Gasteiger charge is -2.16. The summed E-state index contributed by atoms with van der Waals surface area (Å²) < 4.78 is 4.87. The van der Waals surface area contributed by atoms with Crippen molar-refractivity contribution in [1.82, 2.24) is 10.6 Å². The zero-order valence-corrected chi connectivity index (χ0v) is 12.6.